The van der Waals surface area contributed by atoms with Crippen molar-refractivity contribution in [3.8, 4) is 0 Å². The van der Waals surface area contributed by atoms with Crippen molar-refractivity contribution in [2.75, 3.05) is 18.6 Å². The lowest BCUT2D eigenvalue weighted by molar-refractivity contribution is -0.139. The van der Waals surface area contributed by atoms with E-state index in [0.29, 0.717) is 13.0 Å². The molecule has 0 rings (SSSR count). The number of nitrogens with one attached hydrogen (secondary N) is 1. The summed E-state index contributed by atoms with van der Waals surface area (Å²) in [6, 6.07) is -0.541. The Kier molecular flexibility index (Phi) is 15.4. The Morgan fingerprint density at radius 1 is 1.05 bits per heavy atom. The second kappa shape index (κ2) is 15.6. The van der Waals surface area contributed by atoms with Gasteiger partial charge in [0.15, 0.2) is 0 Å². The number of carboxylic acids is 1. The fourth-order valence-corrected chi connectivity index (χ4v) is 2.91. The van der Waals surface area contributed by atoms with Crippen LogP contribution in [0.1, 0.15) is 71.1 Å². The molecule has 0 fully saturated rings. The molecule has 0 amide bonds. The minimum absolute atomic E-state index is 0.377. The SMILES string of the molecule is CCCCCCCCCCC(O)CNC(CCSC)C(=O)O. The first-order valence-corrected chi connectivity index (χ1v) is 10.1. The van der Waals surface area contributed by atoms with E-state index in [4.69, 9.17) is 5.11 Å². The van der Waals surface area contributed by atoms with Crippen LogP contribution >= 0.6 is 11.8 Å². The number of carbonyl (C=O) groups is 1. The summed E-state index contributed by atoms with van der Waals surface area (Å²) in [6.45, 7) is 2.60. The number of aliphatic carboxylic acids is 1. The molecule has 0 aliphatic carbocycles. The van der Waals surface area contributed by atoms with Crippen molar-refractivity contribution in [1.82, 2.24) is 5.32 Å². The molecule has 5 heteroatoms. The van der Waals surface area contributed by atoms with Crippen molar-refractivity contribution in [1.29, 1.82) is 0 Å². The van der Waals surface area contributed by atoms with Gasteiger partial charge in [0.05, 0.1) is 6.10 Å². The summed E-state index contributed by atoms with van der Waals surface area (Å²) in [5, 5.41) is 22.0. The summed E-state index contributed by atoms with van der Waals surface area (Å²) in [4.78, 5) is 11.1. The molecule has 2 atom stereocenters. The zero-order chi connectivity index (χ0) is 16.6. The molecule has 3 N–H and O–H groups in total. The van der Waals surface area contributed by atoms with Crippen LogP contribution in [0.25, 0.3) is 0 Å². The van der Waals surface area contributed by atoms with E-state index in [0.717, 1.165) is 25.0 Å². The van der Waals surface area contributed by atoms with Crippen LogP contribution < -0.4 is 5.32 Å². The zero-order valence-electron chi connectivity index (χ0n) is 14.4. The molecule has 0 aliphatic heterocycles. The fraction of sp³-hybridized carbons (Fsp3) is 0.941. The van der Waals surface area contributed by atoms with Crippen molar-refractivity contribution in [2.45, 2.75) is 83.3 Å². The van der Waals surface area contributed by atoms with Gasteiger partial charge in [-0.2, -0.15) is 11.8 Å². The van der Waals surface area contributed by atoms with Crippen molar-refractivity contribution in [3.05, 3.63) is 0 Å². The van der Waals surface area contributed by atoms with Crippen LogP contribution in [0, 0.1) is 0 Å². The number of carboxylic acid groups (broad SMARTS) is 1. The predicted octanol–water partition coefficient (Wildman–Crippen LogP) is 3.67. The molecule has 22 heavy (non-hydrogen) atoms. The Morgan fingerprint density at radius 2 is 1.64 bits per heavy atom. The molecule has 0 aromatic carbocycles. The molecule has 0 radical (unpaired) electrons. The lowest BCUT2D eigenvalue weighted by atomic mass is 10.1. The first-order chi connectivity index (χ1) is 10.6. The first kappa shape index (κ1) is 21.7. The largest absolute Gasteiger partial charge is 0.480 e. The molecular weight excluding hydrogens is 298 g/mol. The number of aliphatic hydroxyl groups excluding tert-OH is 1. The summed E-state index contributed by atoms with van der Waals surface area (Å²) in [5.74, 6) is -0.00807. The Bertz CT molecular complexity index is 264. The third-order valence-electron chi connectivity index (χ3n) is 3.90. The first-order valence-electron chi connectivity index (χ1n) is 8.75. The van der Waals surface area contributed by atoms with Gasteiger partial charge in [-0.1, -0.05) is 58.3 Å². The fourth-order valence-electron chi connectivity index (χ4n) is 2.44. The minimum atomic E-state index is -0.826. The van der Waals surface area contributed by atoms with Gasteiger partial charge in [-0.3, -0.25) is 4.79 Å². The average molecular weight is 334 g/mol. The van der Waals surface area contributed by atoms with Gasteiger partial charge < -0.3 is 15.5 Å². The highest BCUT2D eigenvalue weighted by Gasteiger charge is 2.17. The number of hydrogen-bond acceptors (Lipinski definition) is 4. The van der Waals surface area contributed by atoms with E-state index in [1.54, 1.807) is 11.8 Å². The number of hydrogen-bond donors (Lipinski definition) is 3. The van der Waals surface area contributed by atoms with Gasteiger partial charge in [-0.15, -0.1) is 0 Å². The van der Waals surface area contributed by atoms with E-state index in [-0.39, 0.29) is 0 Å². The van der Waals surface area contributed by atoms with Gasteiger partial charge in [-0.05, 0) is 24.9 Å². The van der Waals surface area contributed by atoms with Crippen molar-refractivity contribution in [2.24, 2.45) is 0 Å². The van der Waals surface area contributed by atoms with Crippen molar-refractivity contribution in [3.63, 3.8) is 0 Å². The highest BCUT2D eigenvalue weighted by Crippen LogP contribution is 2.10. The topological polar surface area (TPSA) is 69.6 Å². The summed E-state index contributed by atoms with van der Waals surface area (Å²) in [6.07, 6.45) is 12.9. The van der Waals surface area contributed by atoms with Crippen molar-refractivity contribution < 1.29 is 15.0 Å². The van der Waals surface area contributed by atoms with E-state index in [1.165, 1.54) is 38.5 Å². The molecular formula is C17H35NO3S. The maximum absolute atomic E-state index is 11.1. The Morgan fingerprint density at radius 3 is 2.18 bits per heavy atom. The highest BCUT2D eigenvalue weighted by atomic mass is 32.2. The van der Waals surface area contributed by atoms with E-state index < -0.39 is 18.1 Å². The molecule has 0 bridgehead atoms. The number of rotatable bonds is 16. The van der Waals surface area contributed by atoms with Gasteiger partial charge >= 0.3 is 5.97 Å². The quantitative estimate of drug-likeness (QED) is 0.376. The number of aliphatic hydroxyl groups is 1. The van der Waals surface area contributed by atoms with Crippen LogP contribution in [0.4, 0.5) is 0 Å². The highest BCUT2D eigenvalue weighted by molar-refractivity contribution is 7.98. The third-order valence-corrected chi connectivity index (χ3v) is 4.54. The molecule has 4 nitrogen and oxygen atoms in total. The molecule has 0 aromatic rings. The van der Waals surface area contributed by atoms with Crippen LogP contribution in [0.2, 0.25) is 0 Å². The van der Waals surface area contributed by atoms with Gasteiger partial charge in [0.25, 0.3) is 0 Å². The summed E-state index contributed by atoms with van der Waals surface area (Å²) in [5.41, 5.74) is 0. The second-order valence-corrected chi connectivity index (χ2v) is 6.98. The number of thioether (sulfide) groups is 1. The standard InChI is InChI=1S/C17H35NO3S/c1-3-4-5-6-7-8-9-10-11-15(19)14-18-16(17(20)21)12-13-22-2/h15-16,18-19H,3-14H2,1-2H3,(H,20,21). The van der Waals surface area contributed by atoms with Crippen molar-refractivity contribution >= 4 is 17.7 Å². The second-order valence-electron chi connectivity index (χ2n) is 6.00. The molecule has 0 aliphatic rings. The van der Waals surface area contributed by atoms with E-state index in [2.05, 4.69) is 12.2 Å². The average Bonchev–Trinajstić information content (AvgIpc) is 2.49. The van der Waals surface area contributed by atoms with Gasteiger partial charge in [-0.25, -0.2) is 0 Å². The van der Waals surface area contributed by atoms with Crippen LogP contribution in [-0.4, -0.2) is 46.9 Å². The zero-order valence-corrected chi connectivity index (χ0v) is 15.2. The minimum Gasteiger partial charge on any atom is -0.480 e. The maximum atomic E-state index is 11.1. The Labute approximate surface area is 140 Å². The third kappa shape index (κ3) is 13.4. The summed E-state index contributed by atoms with van der Waals surface area (Å²) in [7, 11) is 0. The van der Waals surface area contributed by atoms with E-state index in [1.807, 2.05) is 6.26 Å². The summed E-state index contributed by atoms with van der Waals surface area (Å²) < 4.78 is 0. The Balaban J connectivity index is 3.55. The van der Waals surface area contributed by atoms with Crippen LogP contribution in [-0.2, 0) is 4.79 Å². The van der Waals surface area contributed by atoms with Crippen LogP contribution in [0.5, 0.6) is 0 Å². The van der Waals surface area contributed by atoms with E-state index >= 15 is 0 Å². The molecule has 2 unspecified atom stereocenters. The molecule has 132 valence electrons. The lowest BCUT2D eigenvalue weighted by Crippen LogP contribution is -2.41. The molecule has 0 saturated heterocycles. The maximum Gasteiger partial charge on any atom is 0.320 e. The smallest absolute Gasteiger partial charge is 0.320 e. The van der Waals surface area contributed by atoms with Gasteiger partial charge in [0, 0.05) is 6.54 Å². The Hall–Kier alpha value is -0.260. The lowest BCUT2D eigenvalue weighted by Gasteiger charge is -2.17. The molecule has 0 aromatic heterocycles. The molecule has 0 heterocycles. The van der Waals surface area contributed by atoms with Crippen LogP contribution in [0.3, 0.4) is 0 Å². The monoisotopic (exact) mass is 333 g/mol. The van der Waals surface area contributed by atoms with E-state index in [9.17, 15) is 9.90 Å². The summed E-state index contributed by atoms with van der Waals surface area (Å²) >= 11 is 1.64. The molecule has 0 spiro atoms. The number of unbranched alkanes of at least 4 members (excludes halogenated alkanes) is 7. The van der Waals surface area contributed by atoms with Gasteiger partial charge in [0.2, 0.25) is 0 Å². The predicted molar refractivity (Wildman–Crippen MR) is 95.7 cm³/mol. The van der Waals surface area contributed by atoms with Crippen LogP contribution in [0.15, 0.2) is 0 Å². The molecule has 0 saturated carbocycles. The van der Waals surface area contributed by atoms with Gasteiger partial charge in [0.1, 0.15) is 6.04 Å². The normalized spacial score (nSPS) is 14.0.